The second kappa shape index (κ2) is 44.2. The number of hydrogen-bond donors (Lipinski definition) is 7. The Morgan fingerprint density at radius 2 is 0.742 bits per heavy atom. The van der Waals surface area contributed by atoms with E-state index in [2.05, 4.69) is 147 Å². The molecule has 7 N–H and O–H groups in total. The highest BCUT2D eigenvalue weighted by atomic mass is 31.3. The number of amides is 1. The molecule has 2 heterocycles. The summed E-state index contributed by atoms with van der Waals surface area (Å²) in [6, 6.07) is -1.83. The highest BCUT2D eigenvalue weighted by Gasteiger charge is 2.52. The fourth-order valence-corrected chi connectivity index (χ4v) is 12.2. The van der Waals surface area contributed by atoms with Gasteiger partial charge in [-0.3, -0.25) is 18.4 Å². The van der Waals surface area contributed by atoms with Gasteiger partial charge in [0.25, 0.3) is 15.6 Å². The van der Waals surface area contributed by atoms with Gasteiger partial charge < -0.3 is 64.5 Å². The third-order valence-electron chi connectivity index (χ3n) is 15.8. The smallest absolute Gasteiger partial charge is 0.276 e. The molecule has 0 aromatic carbocycles. The summed E-state index contributed by atoms with van der Waals surface area (Å²) in [7, 11) is -11.5. The van der Waals surface area contributed by atoms with Gasteiger partial charge in [-0.25, -0.2) is 4.31 Å². The molecule has 18 nitrogen and oxygen atoms in total. The summed E-state index contributed by atoms with van der Waals surface area (Å²) < 4.78 is 55.7. The lowest BCUT2D eigenvalue weighted by Gasteiger charge is -2.47. The van der Waals surface area contributed by atoms with Gasteiger partial charge in [0.15, 0.2) is 12.6 Å². The topological polar surface area (TPSA) is 286 Å². The number of carbonyl (C=O) groups excluding carboxylic acids is 1. The van der Waals surface area contributed by atoms with E-state index in [9.17, 15) is 54.4 Å². The third kappa shape index (κ3) is 35.9. The Kier molecular flexibility index (Phi) is 40.5. The first-order chi connectivity index (χ1) is 42.0. The van der Waals surface area contributed by atoms with Gasteiger partial charge >= 0.3 is 0 Å². The van der Waals surface area contributed by atoms with Crippen molar-refractivity contribution >= 4 is 21.6 Å². The number of phosphoric ester groups is 2. The average molecular weight is 1290 g/mol. The Hall–Kier alpha value is -3.49. The first kappa shape index (κ1) is 81.6. The molecule has 0 bridgehead atoms. The Balaban J connectivity index is 1.68. The quantitative estimate of drug-likeness (QED) is 0.0221. The lowest BCUT2D eigenvalue weighted by Crippen LogP contribution is -2.67. The Morgan fingerprint density at radius 1 is 0.427 bits per heavy atom. The lowest BCUT2D eigenvalue weighted by atomic mass is 9.95. The molecule has 0 aromatic rings. The molecule has 2 aliphatic heterocycles. The van der Waals surface area contributed by atoms with Crippen LogP contribution in [-0.4, -0.2) is 118 Å². The van der Waals surface area contributed by atoms with Crippen molar-refractivity contribution in [2.45, 2.75) is 280 Å². The predicted molar refractivity (Wildman–Crippen MR) is 351 cm³/mol. The minimum Gasteiger partial charge on any atom is -0.756 e. The van der Waals surface area contributed by atoms with Gasteiger partial charge in [-0.2, -0.15) is 0 Å². The number of rotatable bonds is 42. The molecular weight excluding hydrogens is 1180 g/mol. The summed E-state index contributed by atoms with van der Waals surface area (Å²) in [4.78, 5) is 37.6. The molecule has 0 aromatic heterocycles. The first-order valence-electron chi connectivity index (χ1n) is 32.0. The second-order valence-electron chi connectivity index (χ2n) is 24.8. The van der Waals surface area contributed by atoms with E-state index in [0.29, 0.717) is 12.8 Å². The SMILES string of the molecule is CC(=O)N[C@H]1[C@@H](OP(=O)([O-])OP(=O)([O-])OC/C=C(/C)CC/C=C(/C)CC/C=C(/C)CC/C=C(/C)CC/C=C(/C)CC/C=C(/C)CC/C=C(/C)CC/C=C(/C)CC/C=C(\C)CC/C=C(\C)CCC=C(C)C)O[C@H](CO)[C@@H](O[C@@H]2O[C@H](CO)[C@H](O)[C@H](O)[C@H]2O)[C@@H]1O. The van der Waals surface area contributed by atoms with E-state index in [-0.39, 0.29) is 0 Å². The van der Waals surface area contributed by atoms with Crippen molar-refractivity contribution in [3.8, 4) is 0 Å². The molecule has 1 amide bonds. The van der Waals surface area contributed by atoms with E-state index in [1.165, 1.54) is 61.8 Å². The molecule has 0 aliphatic carbocycles. The maximum Gasteiger partial charge on any atom is 0.276 e. The molecule has 2 unspecified atom stereocenters. The number of nitrogens with one attached hydrogen (secondary N) is 1. The van der Waals surface area contributed by atoms with E-state index in [4.69, 9.17) is 23.3 Å². The van der Waals surface area contributed by atoms with Crippen LogP contribution in [-0.2, 0) is 41.5 Å². The van der Waals surface area contributed by atoms with Crippen molar-refractivity contribution in [1.29, 1.82) is 0 Å². The fourth-order valence-electron chi connectivity index (χ4n) is 10.1. The van der Waals surface area contributed by atoms with Gasteiger partial charge in [-0.15, -0.1) is 0 Å². The van der Waals surface area contributed by atoms with Crippen LogP contribution < -0.4 is 15.1 Å². The molecule has 89 heavy (non-hydrogen) atoms. The molecule has 2 fully saturated rings. The van der Waals surface area contributed by atoms with Crippen molar-refractivity contribution in [3.05, 3.63) is 128 Å². The van der Waals surface area contributed by atoms with E-state index in [0.717, 1.165) is 128 Å². The van der Waals surface area contributed by atoms with Gasteiger partial charge in [0, 0.05) is 6.92 Å². The minimum atomic E-state index is -5.92. The van der Waals surface area contributed by atoms with Crippen LogP contribution in [0.15, 0.2) is 128 Å². The molecule has 2 saturated heterocycles. The zero-order valence-electron chi connectivity index (χ0n) is 56.0. The number of phosphoric acid groups is 2. The Morgan fingerprint density at radius 3 is 1.06 bits per heavy atom. The summed E-state index contributed by atoms with van der Waals surface area (Å²) in [6.45, 7) is 24.8. The zero-order valence-corrected chi connectivity index (χ0v) is 57.7. The number of ether oxygens (including phenoxy) is 3. The molecular formula is C69H113NO17P2-2. The zero-order chi connectivity index (χ0) is 66.7. The van der Waals surface area contributed by atoms with Crippen molar-refractivity contribution in [2.24, 2.45) is 0 Å². The highest BCUT2D eigenvalue weighted by Crippen LogP contribution is 2.57. The van der Waals surface area contributed by atoms with Gasteiger partial charge in [0.05, 0.1) is 19.8 Å². The molecule has 0 spiro atoms. The maximum absolute atomic E-state index is 12.9. The lowest BCUT2D eigenvalue weighted by molar-refractivity contribution is -0.347. The average Bonchev–Trinajstić information content (AvgIpc) is 0.975. The normalized spacial score (nSPS) is 25.7. The monoisotopic (exact) mass is 1290 g/mol. The van der Waals surface area contributed by atoms with Crippen LogP contribution in [0.2, 0.25) is 0 Å². The van der Waals surface area contributed by atoms with Crippen LogP contribution in [0, 0.1) is 0 Å². The summed E-state index contributed by atoms with van der Waals surface area (Å²) >= 11 is 0. The fraction of sp³-hybridized carbons (Fsp3) is 0.667. The van der Waals surface area contributed by atoms with Gasteiger partial charge in [0.2, 0.25) is 5.91 Å². The molecule has 2 rings (SSSR count). The first-order valence-corrected chi connectivity index (χ1v) is 34.9. The molecule has 0 radical (unpaired) electrons. The molecule has 2 aliphatic rings. The van der Waals surface area contributed by atoms with Crippen LogP contribution in [0.5, 0.6) is 0 Å². The number of aliphatic hydroxyl groups is 6. The third-order valence-corrected chi connectivity index (χ3v) is 18.4. The number of aliphatic hydroxyl groups excluding tert-OH is 6. The van der Waals surface area contributed by atoms with Gasteiger partial charge in [-0.05, 0) is 212 Å². The van der Waals surface area contributed by atoms with Crippen LogP contribution in [0.1, 0.15) is 218 Å². The summed E-state index contributed by atoms with van der Waals surface area (Å²) in [5.74, 6) is -0.843. The maximum atomic E-state index is 12.9. The Labute approximate surface area is 534 Å². The molecule has 12 atom stereocenters. The molecule has 0 saturated carbocycles. The standard InChI is InChI=1S/C69H115NO17P2/c1-48(2)24-14-25-49(3)26-15-27-50(4)28-16-29-51(5)30-17-31-52(6)32-18-33-53(7)34-19-35-54(8)36-20-37-55(9)38-21-39-56(10)40-22-41-57(11)42-23-43-58(12)44-45-82-88(78,79)87-89(80,81)86-68-62(70-59(13)73)64(75)67(61(47-72)84-68)85-69-66(77)65(76)63(74)60(46-71)83-69/h24,26,28,30,32,34,36,38,40,42,44,60-69,71-72,74-77H,14-23,25,27,29,31,33,35,37,39,41,43,45-47H2,1-13H3,(H,70,73)(H,78,79)(H,80,81)/p-2/b49-26+,50-28+,51-30-,52-32-,53-34-,54-36-,55-38-,56-40-,57-42-,58-44-/t60-,61-,62-,63+,64-,65+,66-,67-,68-,69+/m1/s1. The van der Waals surface area contributed by atoms with Crippen LogP contribution in [0.3, 0.4) is 0 Å². The minimum absolute atomic E-state index is 0.562. The molecule has 508 valence electrons. The summed E-state index contributed by atoms with van der Waals surface area (Å²) in [5.41, 5.74) is 15.1. The van der Waals surface area contributed by atoms with Crippen LogP contribution in [0.25, 0.3) is 0 Å². The van der Waals surface area contributed by atoms with Crippen molar-refractivity contribution in [2.75, 3.05) is 19.8 Å². The number of carbonyl (C=O) groups is 1. The van der Waals surface area contributed by atoms with Crippen molar-refractivity contribution in [1.82, 2.24) is 5.32 Å². The van der Waals surface area contributed by atoms with E-state index < -0.39 is 103 Å². The van der Waals surface area contributed by atoms with Crippen molar-refractivity contribution < 1.29 is 81.9 Å². The number of hydrogen-bond acceptors (Lipinski definition) is 17. The van der Waals surface area contributed by atoms with E-state index in [1.807, 2.05) is 0 Å². The molecule has 20 heteroatoms. The van der Waals surface area contributed by atoms with Gasteiger partial charge in [-0.1, -0.05) is 128 Å². The second-order valence-corrected chi connectivity index (χ2v) is 27.7. The highest BCUT2D eigenvalue weighted by molar-refractivity contribution is 7.59. The largest absolute Gasteiger partial charge is 0.756 e. The summed E-state index contributed by atoms with van der Waals surface area (Å²) in [6.07, 6.45) is 29.3. The van der Waals surface area contributed by atoms with Crippen molar-refractivity contribution in [3.63, 3.8) is 0 Å². The van der Waals surface area contributed by atoms with Crippen LogP contribution >= 0.6 is 15.6 Å². The number of allylic oxidation sites excluding steroid dienone is 21. The van der Waals surface area contributed by atoms with Gasteiger partial charge in [0.1, 0.15) is 48.8 Å². The van der Waals surface area contributed by atoms with E-state index in [1.54, 1.807) is 6.92 Å². The summed E-state index contributed by atoms with van der Waals surface area (Å²) in [5, 5.41) is 63.7. The Bertz CT molecular complexity index is 2590. The van der Waals surface area contributed by atoms with Crippen LogP contribution in [0.4, 0.5) is 0 Å². The van der Waals surface area contributed by atoms with E-state index >= 15 is 0 Å². The predicted octanol–water partition coefficient (Wildman–Crippen LogP) is 13.0.